The second-order valence-corrected chi connectivity index (χ2v) is 5.23. The molecule has 1 amide bonds. The minimum absolute atomic E-state index is 0.153. The average molecular weight is 238 g/mol. The van der Waals surface area contributed by atoms with Crippen LogP contribution in [0.5, 0.6) is 0 Å². The Hall–Kier alpha value is -0.830. The molecule has 1 saturated heterocycles. The van der Waals surface area contributed by atoms with Gasteiger partial charge in [0.15, 0.2) is 0 Å². The summed E-state index contributed by atoms with van der Waals surface area (Å²) < 4.78 is 0. The van der Waals surface area contributed by atoms with Gasteiger partial charge in [-0.3, -0.25) is 4.79 Å². The van der Waals surface area contributed by atoms with Crippen molar-refractivity contribution in [1.29, 1.82) is 0 Å². The van der Waals surface area contributed by atoms with Crippen molar-refractivity contribution in [1.82, 2.24) is 10.2 Å². The van der Waals surface area contributed by atoms with Crippen LogP contribution in [0.1, 0.15) is 40.0 Å². The molecule has 1 aliphatic rings. The molecule has 3 heteroatoms. The number of nitrogens with one attached hydrogen (secondary N) is 1. The van der Waals surface area contributed by atoms with Crippen LogP contribution in [-0.4, -0.2) is 37.0 Å². The zero-order valence-corrected chi connectivity index (χ0v) is 11.5. The summed E-state index contributed by atoms with van der Waals surface area (Å²) in [6.07, 6.45) is 3.04. The molecule has 0 aromatic carbocycles. The highest BCUT2D eigenvalue weighted by atomic mass is 16.2. The maximum atomic E-state index is 12.7. The molecule has 1 N–H and O–H groups in total. The Kier molecular flexibility index (Phi) is 5.19. The second-order valence-electron chi connectivity index (χ2n) is 5.23. The van der Waals surface area contributed by atoms with Gasteiger partial charge in [-0.2, -0.15) is 0 Å². The number of likely N-dealkylation sites (N-methyl/N-ethyl adjacent to an activating group) is 1. The summed E-state index contributed by atoms with van der Waals surface area (Å²) in [6, 6.07) is 0. The van der Waals surface area contributed by atoms with E-state index in [0.717, 1.165) is 44.5 Å². The summed E-state index contributed by atoms with van der Waals surface area (Å²) in [7, 11) is 0. The molecule has 3 nitrogen and oxygen atoms in total. The maximum absolute atomic E-state index is 12.7. The highest BCUT2D eigenvalue weighted by Crippen LogP contribution is 2.33. The molecule has 0 radical (unpaired) electrons. The Bertz CT molecular complexity index is 280. The van der Waals surface area contributed by atoms with E-state index < -0.39 is 0 Å². The normalized spacial score (nSPS) is 23.7. The Labute approximate surface area is 105 Å². The lowest BCUT2D eigenvalue weighted by Crippen LogP contribution is -2.45. The van der Waals surface area contributed by atoms with Crippen LogP contribution in [0.15, 0.2) is 12.2 Å². The summed E-state index contributed by atoms with van der Waals surface area (Å²) in [5, 5.41) is 3.34. The van der Waals surface area contributed by atoms with E-state index in [-0.39, 0.29) is 5.41 Å². The molecule has 0 spiro atoms. The largest absolute Gasteiger partial charge is 0.338 e. The first kappa shape index (κ1) is 14.2. The van der Waals surface area contributed by atoms with Gasteiger partial charge in [-0.1, -0.05) is 25.5 Å². The molecule has 0 aliphatic carbocycles. The van der Waals surface area contributed by atoms with Crippen LogP contribution in [0, 0.1) is 5.41 Å². The monoisotopic (exact) mass is 238 g/mol. The Balaban J connectivity index is 2.78. The van der Waals surface area contributed by atoms with Gasteiger partial charge in [0, 0.05) is 19.6 Å². The van der Waals surface area contributed by atoms with E-state index in [1.807, 2.05) is 18.7 Å². The minimum Gasteiger partial charge on any atom is -0.338 e. The Morgan fingerprint density at radius 2 is 2.18 bits per heavy atom. The topological polar surface area (TPSA) is 32.3 Å². The molecule has 1 rings (SSSR count). The van der Waals surface area contributed by atoms with Crippen LogP contribution < -0.4 is 5.32 Å². The van der Waals surface area contributed by atoms with E-state index in [1.54, 1.807) is 0 Å². The number of rotatable bonds is 6. The van der Waals surface area contributed by atoms with E-state index in [1.165, 1.54) is 0 Å². The van der Waals surface area contributed by atoms with E-state index in [0.29, 0.717) is 12.5 Å². The van der Waals surface area contributed by atoms with Crippen molar-refractivity contribution < 1.29 is 4.79 Å². The van der Waals surface area contributed by atoms with Gasteiger partial charge in [-0.05, 0) is 33.2 Å². The number of hydrogen-bond donors (Lipinski definition) is 1. The van der Waals surface area contributed by atoms with Gasteiger partial charge in [0.1, 0.15) is 0 Å². The first-order valence-electron chi connectivity index (χ1n) is 6.70. The molecule has 1 heterocycles. The van der Waals surface area contributed by atoms with Gasteiger partial charge in [0.05, 0.1) is 5.41 Å². The van der Waals surface area contributed by atoms with Gasteiger partial charge in [-0.25, -0.2) is 0 Å². The molecule has 1 unspecified atom stereocenters. The predicted molar refractivity (Wildman–Crippen MR) is 71.9 cm³/mol. The molecule has 17 heavy (non-hydrogen) atoms. The average Bonchev–Trinajstić information content (AvgIpc) is 2.75. The maximum Gasteiger partial charge on any atom is 0.230 e. The van der Waals surface area contributed by atoms with Gasteiger partial charge in [0.25, 0.3) is 0 Å². The third-order valence-corrected chi connectivity index (χ3v) is 3.56. The van der Waals surface area contributed by atoms with Gasteiger partial charge >= 0.3 is 0 Å². The first-order chi connectivity index (χ1) is 8.05. The quantitative estimate of drug-likeness (QED) is 0.719. The molecule has 0 aromatic heterocycles. The summed E-state index contributed by atoms with van der Waals surface area (Å²) >= 11 is 0. The zero-order chi connectivity index (χ0) is 12.9. The highest BCUT2D eigenvalue weighted by Gasteiger charge is 2.42. The predicted octanol–water partition coefficient (Wildman–Crippen LogP) is 2.19. The number of amides is 1. The fraction of sp³-hybridized carbons (Fsp3) is 0.786. The first-order valence-corrected chi connectivity index (χ1v) is 6.70. The van der Waals surface area contributed by atoms with Crippen LogP contribution in [0.4, 0.5) is 0 Å². The van der Waals surface area contributed by atoms with E-state index in [9.17, 15) is 4.79 Å². The SMILES string of the molecule is C=C(C)CN(CC)C(=O)C1(CCC)CCNC1. The number of carbonyl (C=O) groups excluding carboxylic acids is 1. The molecule has 0 saturated carbocycles. The van der Waals surface area contributed by atoms with Crippen molar-refractivity contribution in [3.63, 3.8) is 0 Å². The lowest BCUT2D eigenvalue weighted by molar-refractivity contribution is -0.141. The fourth-order valence-corrected chi connectivity index (χ4v) is 2.71. The third-order valence-electron chi connectivity index (χ3n) is 3.56. The summed E-state index contributed by atoms with van der Waals surface area (Å²) in [4.78, 5) is 14.6. The smallest absolute Gasteiger partial charge is 0.230 e. The lowest BCUT2D eigenvalue weighted by atomic mass is 9.81. The van der Waals surface area contributed by atoms with Crippen molar-refractivity contribution in [2.75, 3.05) is 26.2 Å². The van der Waals surface area contributed by atoms with Crippen molar-refractivity contribution >= 4 is 5.91 Å². The molecular formula is C14H26N2O. The number of nitrogens with zero attached hydrogens (tertiary/aromatic N) is 1. The summed E-state index contributed by atoms with van der Waals surface area (Å²) in [5.41, 5.74) is 0.901. The van der Waals surface area contributed by atoms with Crippen molar-refractivity contribution in [3.8, 4) is 0 Å². The number of hydrogen-bond acceptors (Lipinski definition) is 2. The zero-order valence-electron chi connectivity index (χ0n) is 11.5. The van der Waals surface area contributed by atoms with Crippen LogP contribution in [0.3, 0.4) is 0 Å². The Morgan fingerprint density at radius 1 is 1.47 bits per heavy atom. The van der Waals surface area contributed by atoms with Crippen LogP contribution in [-0.2, 0) is 4.79 Å². The highest BCUT2D eigenvalue weighted by molar-refractivity contribution is 5.83. The molecule has 1 fully saturated rings. The molecule has 0 aromatic rings. The van der Waals surface area contributed by atoms with Crippen LogP contribution in [0.2, 0.25) is 0 Å². The lowest BCUT2D eigenvalue weighted by Gasteiger charge is -2.33. The standard InChI is InChI=1S/C14H26N2O/c1-5-7-14(8-9-15-11-14)13(17)16(6-2)10-12(3)4/h15H,3,5-11H2,1-2,4H3. The summed E-state index contributed by atoms with van der Waals surface area (Å²) in [6.45, 7) is 13.4. The van der Waals surface area contributed by atoms with Crippen LogP contribution in [0.25, 0.3) is 0 Å². The van der Waals surface area contributed by atoms with Crippen LogP contribution >= 0.6 is 0 Å². The van der Waals surface area contributed by atoms with E-state index in [2.05, 4.69) is 18.8 Å². The third kappa shape index (κ3) is 3.32. The van der Waals surface area contributed by atoms with Crippen molar-refractivity contribution in [3.05, 3.63) is 12.2 Å². The second kappa shape index (κ2) is 6.20. The molecule has 1 aliphatic heterocycles. The van der Waals surface area contributed by atoms with E-state index >= 15 is 0 Å². The van der Waals surface area contributed by atoms with Crippen molar-refractivity contribution in [2.24, 2.45) is 5.41 Å². The van der Waals surface area contributed by atoms with Gasteiger partial charge < -0.3 is 10.2 Å². The molecular weight excluding hydrogens is 212 g/mol. The minimum atomic E-state index is -0.153. The van der Waals surface area contributed by atoms with Gasteiger partial charge in [-0.15, -0.1) is 0 Å². The molecule has 98 valence electrons. The Morgan fingerprint density at radius 3 is 2.59 bits per heavy atom. The molecule has 0 bridgehead atoms. The molecule has 1 atom stereocenters. The van der Waals surface area contributed by atoms with E-state index in [4.69, 9.17) is 0 Å². The number of carbonyl (C=O) groups is 1. The summed E-state index contributed by atoms with van der Waals surface area (Å²) in [5.74, 6) is 0.315. The van der Waals surface area contributed by atoms with Crippen molar-refractivity contribution in [2.45, 2.75) is 40.0 Å². The fourth-order valence-electron chi connectivity index (χ4n) is 2.71. The van der Waals surface area contributed by atoms with Gasteiger partial charge in [0.2, 0.25) is 5.91 Å².